The molecule has 1 aliphatic heterocycles. The Morgan fingerprint density at radius 2 is 1.56 bits per heavy atom. The molecule has 0 aliphatic carbocycles. The number of nitrogens with one attached hydrogen (secondary N) is 3. The summed E-state index contributed by atoms with van der Waals surface area (Å²) in [5, 5.41) is 27.7. The maximum absolute atomic E-state index is 12.7. The van der Waals surface area contributed by atoms with Crippen molar-refractivity contribution >= 4 is 22.7 Å². The van der Waals surface area contributed by atoms with Gasteiger partial charge < -0.3 is 30.2 Å². The van der Waals surface area contributed by atoms with Gasteiger partial charge in [-0.05, 0) is 92.1 Å². The summed E-state index contributed by atoms with van der Waals surface area (Å²) >= 11 is 0. The molecule has 50 heavy (non-hydrogen) atoms. The van der Waals surface area contributed by atoms with Crippen molar-refractivity contribution in [3.05, 3.63) is 130 Å². The van der Waals surface area contributed by atoms with Crippen molar-refractivity contribution < 1.29 is 19.7 Å². The van der Waals surface area contributed by atoms with E-state index in [9.17, 15) is 19.8 Å². The molecular weight excluding hydrogens is 628 g/mol. The van der Waals surface area contributed by atoms with Gasteiger partial charge in [0.2, 0.25) is 5.56 Å². The number of hydrogen-bond donors (Lipinski definition) is 5. The molecular formula is C41H46N4O5. The van der Waals surface area contributed by atoms with Crippen LogP contribution < -0.4 is 16.2 Å². The van der Waals surface area contributed by atoms with E-state index in [1.165, 1.54) is 23.3 Å². The number of ether oxygens (including phenoxy) is 1. The number of hydrogen-bond acceptors (Lipinski definition) is 7. The highest BCUT2D eigenvalue weighted by atomic mass is 16.6. The van der Waals surface area contributed by atoms with Gasteiger partial charge >= 0.3 is 6.09 Å². The number of likely N-dealkylation sites (tertiary alicyclic amines) is 1. The zero-order valence-corrected chi connectivity index (χ0v) is 28.3. The fourth-order valence-electron chi connectivity index (χ4n) is 6.70. The van der Waals surface area contributed by atoms with Gasteiger partial charge in [-0.1, -0.05) is 78.9 Å². The molecule has 1 unspecified atom stereocenters. The van der Waals surface area contributed by atoms with Crippen LogP contribution in [-0.4, -0.2) is 65.0 Å². The highest BCUT2D eigenvalue weighted by Crippen LogP contribution is 2.29. The SMILES string of the molecule is O=C(Nc1ccccc1-c1ccccc1)OC1CCN(CCCc2ccc(CCCNCC(O)c3ccc(O)c4[nH]c(=O)ccc34)cc2)CC1. The molecule has 0 saturated carbocycles. The first-order valence-corrected chi connectivity index (χ1v) is 17.6. The van der Waals surface area contributed by atoms with Crippen molar-refractivity contribution in [2.24, 2.45) is 0 Å². The van der Waals surface area contributed by atoms with Gasteiger partial charge in [0.25, 0.3) is 0 Å². The molecule has 1 saturated heterocycles. The Balaban J connectivity index is 0.848. The maximum atomic E-state index is 12.7. The first-order chi connectivity index (χ1) is 24.4. The molecule has 5 aromatic rings. The predicted octanol–water partition coefficient (Wildman–Crippen LogP) is 6.80. The third-order valence-electron chi connectivity index (χ3n) is 9.44. The number of aromatic nitrogens is 1. The minimum Gasteiger partial charge on any atom is -0.506 e. The van der Waals surface area contributed by atoms with E-state index in [0.717, 1.165) is 81.5 Å². The number of anilines is 1. The minimum atomic E-state index is -0.761. The number of fused-ring (bicyclic) bond motifs is 1. The molecule has 1 aliphatic rings. The van der Waals surface area contributed by atoms with E-state index in [1.807, 2.05) is 54.6 Å². The van der Waals surface area contributed by atoms with Crippen LogP contribution in [0.4, 0.5) is 10.5 Å². The van der Waals surface area contributed by atoms with Crippen LogP contribution in [0.2, 0.25) is 0 Å². The molecule has 0 bridgehead atoms. The van der Waals surface area contributed by atoms with Crippen LogP contribution in [0.3, 0.4) is 0 Å². The number of aliphatic hydroxyl groups excluding tert-OH is 1. The number of benzene rings is 4. The number of pyridine rings is 1. The normalized spacial score (nSPS) is 14.4. The number of aromatic hydroxyl groups is 1. The number of para-hydroxylation sites is 1. The van der Waals surface area contributed by atoms with Gasteiger partial charge in [-0.3, -0.25) is 10.1 Å². The molecule has 260 valence electrons. The molecule has 1 fully saturated rings. The molecule has 1 aromatic heterocycles. The highest BCUT2D eigenvalue weighted by molar-refractivity contribution is 5.91. The number of phenolic OH excluding ortho intramolecular Hbond substituents is 1. The number of carbonyl (C=O) groups is 1. The van der Waals surface area contributed by atoms with Crippen LogP contribution >= 0.6 is 0 Å². The van der Waals surface area contributed by atoms with Crippen LogP contribution in [0, 0.1) is 0 Å². The van der Waals surface area contributed by atoms with Gasteiger partial charge in [-0.2, -0.15) is 0 Å². The van der Waals surface area contributed by atoms with Crippen LogP contribution in [0.5, 0.6) is 5.75 Å². The van der Waals surface area contributed by atoms with Crippen molar-refractivity contribution in [1.82, 2.24) is 15.2 Å². The summed E-state index contributed by atoms with van der Waals surface area (Å²) < 4.78 is 5.80. The Hall–Kier alpha value is -4.96. The highest BCUT2D eigenvalue weighted by Gasteiger charge is 2.22. The lowest BCUT2D eigenvalue weighted by molar-refractivity contribution is 0.0587. The molecule has 5 N–H and O–H groups in total. The van der Waals surface area contributed by atoms with Gasteiger partial charge in [0, 0.05) is 36.7 Å². The number of phenols is 1. The summed E-state index contributed by atoms with van der Waals surface area (Å²) in [6, 6.07) is 32.9. The van der Waals surface area contributed by atoms with Crippen LogP contribution in [-0.2, 0) is 17.6 Å². The number of H-pyrrole nitrogens is 1. The first kappa shape index (κ1) is 34.9. The third-order valence-corrected chi connectivity index (χ3v) is 9.44. The van der Waals surface area contributed by atoms with E-state index in [-0.39, 0.29) is 17.4 Å². The molecule has 1 amide bonds. The van der Waals surface area contributed by atoms with E-state index >= 15 is 0 Å². The number of rotatable bonds is 14. The number of nitrogens with zero attached hydrogens (tertiary/aromatic N) is 1. The molecule has 9 nitrogen and oxygen atoms in total. The van der Waals surface area contributed by atoms with Crippen molar-refractivity contribution in [2.45, 2.75) is 50.7 Å². The average Bonchev–Trinajstić information content (AvgIpc) is 3.13. The van der Waals surface area contributed by atoms with Gasteiger partial charge in [-0.15, -0.1) is 0 Å². The summed E-state index contributed by atoms with van der Waals surface area (Å²) in [5.74, 6) is -0.0137. The van der Waals surface area contributed by atoms with Crippen molar-refractivity contribution in [3.8, 4) is 16.9 Å². The van der Waals surface area contributed by atoms with Crippen molar-refractivity contribution in [3.63, 3.8) is 0 Å². The number of aryl methyl sites for hydroxylation is 2. The zero-order valence-electron chi connectivity index (χ0n) is 28.3. The lowest BCUT2D eigenvalue weighted by Crippen LogP contribution is -2.39. The monoisotopic (exact) mass is 674 g/mol. The number of piperidine rings is 1. The summed E-state index contributed by atoms with van der Waals surface area (Å²) in [6.45, 7) is 4.02. The molecule has 2 heterocycles. The molecule has 0 spiro atoms. The number of aliphatic hydroxyl groups is 1. The van der Waals surface area contributed by atoms with Gasteiger partial charge in [0.1, 0.15) is 11.9 Å². The smallest absolute Gasteiger partial charge is 0.411 e. The largest absolute Gasteiger partial charge is 0.506 e. The number of aromatic amines is 1. The predicted molar refractivity (Wildman–Crippen MR) is 199 cm³/mol. The Morgan fingerprint density at radius 1 is 0.860 bits per heavy atom. The van der Waals surface area contributed by atoms with E-state index in [0.29, 0.717) is 23.0 Å². The third kappa shape index (κ3) is 9.38. The van der Waals surface area contributed by atoms with Crippen LogP contribution in [0.15, 0.2) is 108 Å². The van der Waals surface area contributed by atoms with Gasteiger partial charge in [0.05, 0.1) is 17.3 Å². The van der Waals surface area contributed by atoms with Crippen LogP contribution in [0.25, 0.3) is 22.0 Å². The van der Waals surface area contributed by atoms with E-state index in [1.54, 1.807) is 12.1 Å². The molecule has 9 heteroatoms. The van der Waals surface area contributed by atoms with Crippen molar-refractivity contribution in [2.75, 3.05) is 38.0 Å². The molecule has 1 atom stereocenters. The second kappa shape index (κ2) is 17.1. The van der Waals surface area contributed by atoms with E-state index < -0.39 is 12.2 Å². The standard InChI is InChI=1S/C41H46N4O5/c46-37-20-18-34(35-19-21-39(48)44-40(35)37)38(47)28-42-24-6-8-29-14-16-30(17-15-29)9-7-25-45-26-22-32(23-27-45)50-41(49)43-36-13-5-4-12-33(36)31-10-2-1-3-11-31/h1-5,10-21,32,38,42,46-47H,6-9,22-28H2,(H,43,49)(H,44,48). The molecule has 6 rings (SSSR count). The second-order valence-corrected chi connectivity index (χ2v) is 13.0. The van der Waals surface area contributed by atoms with Crippen molar-refractivity contribution in [1.29, 1.82) is 0 Å². The number of amides is 1. The molecule has 0 radical (unpaired) electrons. The minimum absolute atomic E-state index is 0.0137. The van der Waals surface area contributed by atoms with Gasteiger partial charge in [-0.25, -0.2) is 4.79 Å². The second-order valence-electron chi connectivity index (χ2n) is 13.0. The lowest BCUT2D eigenvalue weighted by Gasteiger charge is -2.31. The van der Waals surface area contributed by atoms with Crippen LogP contribution in [0.1, 0.15) is 48.5 Å². The van der Waals surface area contributed by atoms with Gasteiger partial charge in [0.15, 0.2) is 0 Å². The van der Waals surface area contributed by atoms with E-state index in [2.05, 4.69) is 44.8 Å². The summed E-state index contributed by atoms with van der Waals surface area (Å²) in [5.41, 5.74) is 6.11. The summed E-state index contributed by atoms with van der Waals surface area (Å²) in [6.07, 6.45) is 4.45. The number of carbonyl (C=O) groups excluding carboxylic acids is 1. The lowest BCUT2D eigenvalue weighted by atomic mass is 10.0. The average molecular weight is 675 g/mol. The Bertz CT molecular complexity index is 1900. The fraction of sp³-hybridized carbons (Fsp3) is 0.317. The zero-order chi connectivity index (χ0) is 34.7. The Kier molecular flexibility index (Phi) is 11.9. The Morgan fingerprint density at radius 3 is 2.32 bits per heavy atom. The summed E-state index contributed by atoms with van der Waals surface area (Å²) in [4.78, 5) is 29.5. The van der Waals surface area contributed by atoms with E-state index in [4.69, 9.17) is 4.74 Å². The fourth-order valence-corrected chi connectivity index (χ4v) is 6.70. The maximum Gasteiger partial charge on any atom is 0.411 e. The topological polar surface area (TPSA) is 127 Å². The Labute approximate surface area is 292 Å². The quantitative estimate of drug-likeness (QED) is 0.0820. The summed E-state index contributed by atoms with van der Waals surface area (Å²) in [7, 11) is 0. The molecule has 4 aromatic carbocycles. The first-order valence-electron chi connectivity index (χ1n) is 17.6.